The van der Waals surface area contributed by atoms with Crippen molar-refractivity contribution in [2.24, 2.45) is 4.99 Å². The number of rotatable bonds is 8. The maximum atomic E-state index is 5.56. The molecule has 2 aromatic heterocycles. The number of nitrogens with zero attached hydrogens (tertiary/aromatic N) is 3. The standard InChI is InChI=1S/C21H27N5O/c1-3-27-20-18(9-6-12-23-20)16-25-21(22-2)24-13-7-14-26-15-11-17-8-4-5-10-19(17)26/h4-6,8-12,15H,3,7,13-14,16H2,1-2H3,(H2,22,24,25). The van der Waals surface area contributed by atoms with Crippen LogP contribution in [0.15, 0.2) is 59.9 Å². The Labute approximate surface area is 160 Å². The molecule has 0 radical (unpaired) electrons. The van der Waals surface area contributed by atoms with Gasteiger partial charge in [-0.2, -0.15) is 0 Å². The van der Waals surface area contributed by atoms with Crippen molar-refractivity contribution in [3.63, 3.8) is 0 Å². The van der Waals surface area contributed by atoms with Crippen LogP contribution in [0.2, 0.25) is 0 Å². The summed E-state index contributed by atoms with van der Waals surface area (Å²) in [5, 5.41) is 7.97. The summed E-state index contributed by atoms with van der Waals surface area (Å²) in [4.78, 5) is 8.57. The van der Waals surface area contributed by atoms with Gasteiger partial charge in [-0.25, -0.2) is 4.98 Å². The van der Waals surface area contributed by atoms with Crippen LogP contribution in [0.4, 0.5) is 0 Å². The Morgan fingerprint density at radius 3 is 2.89 bits per heavy atom. The maximum absolute atomic E-state index is 5.56. The van der Waals surface area contributed by atoms with Crippen LogP contribution in [-0.4, -0.2) is 35.7 Å². The van der Waals surface area contributed by atoms with Gasteiger partial charge in [0.25, 0.3) is 0 Å². The van der Waals surface area contributed by atoms with Crippen LogP contribution in [0.5, 0.6) is 5.88 Å². The highest BCUT2D eigenvalue weighted by molar-refractivity contribution is 5.80. The fourth-order valence-electron chi connectivity index (χ4n) is 3.02. The van der Waals surface area contributed by atoms with Crippen LogP contribution < -0.4 is 15.4 Å². The average Bonchev–Trinajstić information content (AvgIpc) is 3.12. The first-order valence-corrected chi connectivity index (χ1v) is 9.37. The summed E-state index contributed by atoms with van der Waals surface area (Å²) in [7, 11) is 1.78. The lowest BCUT2D eigenvalue weighted by molar-refractivity contribution is 0.322. The molecule has 0 fully saturated rings. The molecule has 6 nitrogen and oxygen atoms in total. The molecule has 0 aliphatic heterocycles. The van der Waals surface area contributed by atoms with Gasteiger partial charge in [0.15, 0.2) is 5.96 Å². The lowest BCUT2D eigenvalue weighted by Gasteiger charge is -2.14. The Hall–Kier alpha value is -3.02. The van der Waals surface area contributed by atoms with Crippen molar-refractivity contribution >= 4 is 16.9 Å². The molecule has 0 unspecified atom stereocenters. The number of hydrogen-bond acceptors (Lipinski definition) is 3. The number of nitrogens with one attached hydrogen (secondary N) is 2. The Bertz CT molecular complexity index is 887. The first kappa shape index (κ1) is 18.8. The second kappa shape index (κ2) is 9.62. The van der Waals surface area contributed by atoms with Gasteiger partial charge in [-0.1, -0.05) is 24.3 Å². The van der Waals surface area contributed by atoms with Gasteiger partial charge in [-0.05, 0) is 36.9 Å². The minimum Gasteiger partial charge on any atom is -0.478 e. The van der Waals surface area contributed by atoms with E-state index in [1.54, 1.807) is 13.2 Å². The third kappa shape index (κ3) is 5.00. The molecule has 0 spiro atoms. The van der Waals surface area contributed by atoms with Gasteiger partial charge in [0, 0.05) is 50.2 Å². The van der Waals surface area contributed by atoms with Crippen molar-refractivity contribution < 1.29 is 4.74 Å². The lowest BCUT2D eigenvalue weighted by atomic mass is 10.2. The topological polar surface area (TPSA) is 63.5 Å². The molecule has 142 valence electrons. The van der Waals surface area contributed by atoms with E-state index in [1.807, 2.05) is 19.1 Å². The monoisotopic (exact) mass is 365 g/mol. The van der Waals surface area contributed by atoms with Crippen LogP contribution in [0.3, 0.4) is 0 Å². The van der Waals surface area contributed by atoms with Crippen molar-refractivity contribution in [2.75, 3.05) is 20.2 Å². The Balaban J connectivity index is 1.46. The summed E-state index contributed by atoms with van der Waals surface area (Å²) in [5.41, 5.74) is 2.29. The number of guanidine groups is 1. The zero-order valence-electron chi connectivity index (χ0n) is 16.0. The van der Waals surface area contributed by atoms with Gasteiger partial charge in [-0.3, -0.25) is 4.99 Å². The highest BCUT2D eigenvalue weighted by Crippen LogP contribution is 2.15. The van der Waals surface area contributed by atoms with Crippen molar-refractivity contribution in [1.82, 2.24) is 20.2 Å². The number of fused-ring (bicyclic) bond motifs is 1. The predicted octanol–water partition coefficient (Wildman–Crippen LogP) is 3.19. The molecule has 0 atom stereocenters. The highest BCUT2D eigenvalue weighted by atomic mass is 16.5. The molecule has 0 bridgehead atoms. The van der Waals surface area contributed by atoms with Crippen LogP contribution in [0.1, 0.15) is 18.9 Å². The highest BCUT2D eigenvalue weighted by Gasteiger charge is 2.05. The molecule has 3 rings (SSSR count). The molecule has 1 aromatic carbocycles. The third-order valence-corrected chi connectivity index (χ3v) is 4.35. The summed E-state index contributed by atoms with van der Waals surface area (Å²) in [6, 6.07) is 14.5. The van der Waals surface area contributed by atoms with E-state index in [1.165, 1.54) is 10.9 Å². The van der Waals surface area contributed by atoms with E-state index >= 15 is 0 Å². The molecule has 0 aliphatic carbocycles. The van der Waals surface area contributed by atoms with Crippen LogP contribution in [0, 0.1) is 0 Å². The van der Waals surface area contributed by atoms with Gasteiger partial charge in [0.05, 0.1) is 6.61 Å². The summed E-state index contributed by atoms with van der Waals surface area (Å²) in [6.45, 7) is 4.99. The zero-order chi connectivity index (χ0) is 18.9. The molecule has 0 aliphatic rings. The molecular weight excluding hydrogens is 338 g/mol. The zero-order valence-corrected chi connectivity index (χ0v) is 16.0. The third-order valence-electron chi connectivity index (χ3n) is 4.35. The van der Waals surface area contributed by atoms with E-state index in [4.69, 9.17) is 4.74 Å². The minimum atomic E-state index is 0.602. The number of aromatic nitrogens is 2. The van der Waals surface area contributed by atoms with Gasteiger partial charge in [0.2, 0.25) is 5.88 Å². The van der Waals surface area contributed by atoms with E-state index in [0.717, 1.165) is 31.0 Å². The second-order valence-electron chi connectivity index (χ2n) is 6.17. The first-order valence-electron chi connectivity index (χ1n) is 9.37. The number of para-hydroxylation sites is 1. The molecule has 0 saturated heterocycles. The summed E-state index contributed by atoms with van der Waals surface area (Å²) in [6.07, 6.45) is 4.90. The lowest BCUT2D eigenvalue weighted by Crippen LogP contribution is -2.37. The minimum absolute atomic E-state index is 0.602. The summed E-state index contributed by atoms with van der Waals surface area (Å²) >= 11 is 0. The van der Waals surface area contributed by atoms with E-state index < -0.39 is 0 Å². The van der Waals surface area contributed by atoms with Gasteiger partial charge in [-0.15, -0.1) is 0 Å². The average molecular weight is 365 g/mol. The van der Waals surface area contributed by atoms with Gasteiger partial charge < -0.3 is 19.9 Å². The van der Waals surface area contributed by atoms with Crippen LogP contribution >= 0.6 is 0 Å². The summed E-state index contributed by atoms with van der Waals surface area (Å²) < 4.78 is 7.85. The molecule has 6 heteroatoms. The van der Waals surface area contributed by atoms with Crippen LogP contribution in [0.25, 0.3) is 10.9 Å². The normalized spacial score (nSPS) is 11.6. The van der Waals surface area contributed by atoms with Gasteiger partial charge in [0.1, 0.15) is 0 Å². The van der Waals surface area contributed by atoms with E-state index in [2.05, 4.69) is 61.7 Å². The molecule has 0 saturated carbocycles. The number of aryl methyl sites for hydroxylation is 1. The maximum Gasteiger partial charge on any atom is 0.218 e. The molecular formula is C21H27N5O. The van der Waals surface area contributed by atoms with Crippen molar-refractivity contribution in [1.29, 1.82) is 0 Å². The van der Waals surface area contributed by atoms with Gasteiger partial charge >= 0.3 is 0 Å². The quantitative estimate of drug-likeness (QED) is 0.366. The SMILES string of the molecule is CCOc1ncccc1CNC(=NC)NCCCn1ccc2ccccc21. The number of hydrogen-bond donors (Lipinski definition) is 2. The Morgan fingerprint density at radius 2 is 2.04 bits per heavy atom. The molecule has 27 heavy (non-hydrogen) atoms. The van der Waals surface area contributed by atoms with Crippen molar-refractivity contribution in [3.05, 3.63) is 60.4 Å². The van der Waals surface area contributed by atoms with Crippen molar-refractivity contribution in [2.45, 2.75) is 26.4 Å². The van der Waals surface area contributed by atoms with Crippen molar-refractivity contribution in [3.8, 4) is 5.88 Å². The molecule has 3 aromatic rings. The summed E-state index contributed by atoms with van der Waals surface area (Å²) in [5.74, 6) is 1.45. The molecule has 0 amide bonds. The molecule has 2 N–H and O–H groups in total. The molecule has 2 heterocycles. The fourth-order valence-corrected chi connectivity index (χ4v) is 3.02. The first-order chi connectivity index (χ1) is 13.3. The smallest absolute Gasteiger partial charge is 0.218 e. The predicted molar refractivity (Wildman–Crippen MR) is 110 cm³/mol. The Kier molecular flexibility index (Phi) is 6.68. The van der Waals surface area contributed by atoms with E-state index in [9.17, 15) is 0 Å². The second-order valence-corrected chi connectivity index (χ2v) is 6.17. The van der Waals surface area contributed by atoms with E-state index in [0.29, 0.717) is 19.0 Å². The number of pyridine rings is 1. The number of ether oxygens (including phenoxy) is 1. The largest absolute Gasteiger partial charge is 0.478 e. The fraction of sp³-hybridized carbons (Fsp3) is 0.333. The van der Waals surface area contributed by atoms with E-state index in [-0.39, 0.29) is 0 Å². The number of aliphatic imine (C=N–C) groups is 1. The number of benzene rings is 1. The Morgan fingerprint density at radius 1 is 1.15 bits per heavy atom. The van der Waals surface area contributed by atoms with Crippen LogP contribution in [-0.2, 0) is 13.1 Å².